The Kier molecular flexibility index (Phi) is 4.41. The number of carbonyl (C=O) groups is 1. The first-order valence-electron chi connectivity index (χ1n) is 5.69. The van der Waals surface area contributed by atoms with Crippen LogP contribution in [0.2, 0.25) is 5.02 Å². The number of oxazole rings is 1. The van der Waals surface area contributed by atoms with Crippen LogP contribution in [0.25, 0.3) is 0 Å². The molecule has 19 heavy (non-hydrogen) atoms. The lowest BCUT2D eigenvalue weighted by molar-refractivity contribution is 0.0519. The number of ether oxygens (including phenoxy) is 2. The van der Waals surface area contributed by atoms with Crippen LogP contribution in [0.5, 0.6) is 6.08 Å². The Morgan fingerprint density at radius 3 is 3.05 bits per heavy atom. The molecule has 1 aromatic carbocycles. The van der Waals surface area contributed by atoms with Crippen LogP contribution in [0.15, 0.2) is 34.9 Å². The molecule has 0 atom stereocenters. The highest BCUT2D eigenvalue weighted by molar-refractivity contribution is 6.30. The molecule has 100 valence electrons. The fraction of sp³-hybridized carbons (Fsp3) is 0.231. The van der Waals surface area contributed by atoms with Crippen LogP contribution in [0, 0.1) is 0 Å². The van der Waals surface area contributed by atoms with Crippen LogP contribution in [-0.2, 0) is 11.3 Å². The number of esters is 1. The fourth-order valence-corrected chi connectivity index (χ4v) is 1.61. The van der Waals surface area contributed by atoms with E-state index in [1.54, 1.807) is 19.1 Å². The Morgan fingerprint density at radius 1 is 1.47 bits per heavy atom. The maximum atomic E-state index is 11.4. The van der Waals surface area contributed by atoms with Gasteiger partial charge in [0.15, 0.2) is 5.69 Å². The van der Waals surface area contributed by atoms with Gasteiger partial charge in [0.1, 0.15) is 12.9 Å². The summed E-state index contributed by atoms with van der Waals surface area (Å²) >= 11 is 5.85. The molecule has 0 aliphatic heterocycles. The standard InChI is InChI=1S/C13H12ClNO4/c1-2-17-12(16)11-8-19-13(15-11)18-7-9-4-3-5-10(14)6-9/h3-6,8H,2,7H2,1H3. The molecule has 0 fully saturated rings. The van der Waals surface area contributed by atoms with Gasteiger partial charge in [0.25, 0.3) is 0 Å². The van der Waals surface area contributed by atoms with Crippen molar-refractivity contribution < 1.29 is 18.7 Å². The van der Waals surface area contributed by atoms with Gasteiger partial charge in [-0.15, -0.1) is 0 Å². The van der Waals surface area contributed by atoms with Gasteiger partial charge in [-0.1, -0.05) is 23.7 Å². The number of aromatic nitrogens is 1. The second-order valence-electron chi connectivity index (χ2n) is 3.64. The summed E-state index contributed by atoms with van der Waals surface area (Å²) in [5.74, 6) is -0.538. The second kappa shape index (κ2) is 6.24. The Hall–Kier alpha value is -2.01. The van der Waals surface area contributed by atoms with Gasteiger partial charge < -0.3 is 13.9 Å². The van der Waals surface area contributed by atoms with Crippen molar-refractivity contribution in [2.24, 2.45) is 0 Å². The minimum absolute atomic E-state index is 0.0167. The van der Waals surface area contributed by atoms with Gasteiger partial charge in [0.05, 0.1) is 6.61 Å². The average molecular weight is 282 g/mol. The second-order valence-corrected chi connectivity index (χ2v) is 4.07. The van der Waals surface area contributed by atoms with Gasteiger partial charge in [-0.25, -0.2) is 4.79 Å². The molecule has 0 unspecified atom stereocenters. The van der Waals surface area contributed by atoms with Crippen LogP contribution >= 0.6 is 11.6 Å². The number of rotatable bonds is 5. The normalized spacial score (nSPS) is 10.2. The molecule has 0 bridgehead atoms. The van der Waals surface area contributed by atoms with E-state index >= 15 is 0 Å². The van der Waals surface area contributed by atoms with E-state index in [4.69, 9.17) is 25.5 Å². The fourth-order valence-electron chi connectivity index (χ4n) is 1.39. The van der Waals surface area contributed by atoms with Gasteiger partial charge >= 0.3 is 12.0 Å². The molecule has 1 heterocycles. The predicted molar refractivity (Wildman–Crippen MR) is 68.2 cm³/mol. The zero-order chi connectivity index (χ0) is 13.7. The molecule has 0 saturated heterocycles. The molecule has 0 amide bonds. The lowest BCUT2D eigenvalue weighted by atomic mass is 10.2. The van der Waals surface area contributed by atoms with Crippen molar-refractivity contribution in [3.8, 4) is 6.08 Å². The van der Waals surface area contributed by atoms with E-state index in [9.17, 15) is 4.79 Å². The maximum absolute atomic E-state index is 11.4. The molecular weight excluding hydrogens is 270 g/mol. The minimum atomic E-state index is -0.538. The molecule has 1 aromatic heterocycles. The molecule has 0 saturated carbocycles. The zero-order valence-corrected chi connectivity index (χ0v) is 11.0. The average Bonchev–Trinajstić information content (AvgIpc) is 2.86. The third-order valence-electron chi connectivity index (χ3n) is 2.22. The highest BCUT2D eigenvalue weighted by Crippen LogP contribution is 2.15. The van der Waals surface area contributed by atoms with Gasteiger partial charge in [-0.2, -0.15) is 4.98 Å². The monoisotopic (exact) mass is 281 g/mol. The zero-order valence-electron chi connectivity index (χ0n) is 10.3. The summed E-state index contributed by atoms with van der Waals surface area (Å²) in [4.78, 5) is 15.2. The lowest BCUT2D eigenvalue weighted by Gasteiger charge is -2.01. The summed E-state index contributed by atoms with van der Waals surface area (Å²) < 4.78 is 15.1. The first kappa shape index (κ1) is 13.4. The van der Waals surface area contributed by atoms with E-state index in [1.165, 1.54) is 6.26 Å². The molecule has 0 spiro atoms. The molecule has 0 radical (unpaired) electrons. The smallest absolute Gasteiger partial charge is 0.394 e. The van der Waals surface area contributed by atoms with Crippen molar-refractivity contribution in [1.82, 2.24) is 4.98 Å². The van der Waals surface area contributed by atoms with Crippen LogP contribution in [-0.4, -0.2) is 17.6 Å². The number of carbonyl (C=O) groups excluding carboxylic acids is 1. The molecule has 0 N–H and O–H groups in total. The van der Waals surface area contributed by atoms with Gasteiger partial charge in [-0.3, -0.25) is 0 Å². The highest BCUT2D eigenvalue weighted by atomic mass is 35.5. The summed E-state index contributed by atoms with van der Waals surface area (Å²) in [7, 11) is 0. The van der Waals surface area contributed by atoms with E-state index in [2.05, 4.69) is 4.98 Å². The molecule has 6 heteroatoms. The number of benzene rings is 1. The van der Waals surface area contributed by atoms with Gasteiger partial charge in [-0.05, 0) is 24.6 Å². The molecule has 2 aromatic rings. The number of hydrogen-bond donors (Lipinski definition) is 0. The van der Waals surface area contributed by atoms with Gasteiger partial charge in [0, 0.05) is 5.02 Å². The van der Waals surface area contributed by atoms with Crippen LogP contribution in [0.4, 0.5) is 0 Å². The summed E-state index contributed by atoms with van der Waals surface area (Å²) in [6.07, 6.45) is 1.22. The van der Waals surface area contributed by atoms with Crippen molar-refractivity contribution in [1.29, 1.82) is 0 Å². The summed E-state index contributed by atoms with van der Waals surface area (Å²) in [5.41, 5.74) is 0.964. The first-order chi connectivity index (χ1) is 9.19. The molecule has 0 aliphatic rings. The van der Waals surface area contributed by atoms with Crippen LogP contribution < -0.4 is 4.74 Å². The number of hydrogen-bond acceptors (Lipinski definition) is 5. The van der Waals surface area contributed by atoms with E-state index < -0.39 is 5.97 Å². The van der Waals surface area contributed by atoms with Crippen molar-refractivity contribution >= 4 is 17.6 Å². The highest BCUT2D eigenvalue weighted by Gasteiger charge is 2.13. The van der Waals surface area contributed by atoms with E-state index in [1.807, 2.05) is 12.1 Å². The van der Waals surface area contributed by atoms with Crippen LogP contribution in [0.3, 0.4) is 0 Å². The van der Waals surface area contributed by atoms with E-state index in [-0.39, 0.29) is 25.0 Å². The molecule has 0 aliphatic carbocycles. The molecule has 5 nitrogen and oxygen atoms in total. The van der Waals surface area contributed by atoms with Crippen molar-refractivity contribution in [2.45, 2.75) is 13.5 Å². The van der Waals surface area contributed by atoms with E-state index in [0.29, 0.717) is 5.02 Å². The Balaban J connectivity index is 1.95. The topological polar surface area (TPSA) is 61.6 Å². The Labute approximate surface area is 115 Å². The number of nitrogens with zero attached hydrogens (tertiary/aromatic N) is 1. The molecular formula is C13H12ClNO4. The summed E-state index contributed by atoms with van der Waals surface area (Å²) in [6, 6.07) is 7.23. The first-order valence-corrected chi connectivity index (χ1v) is 6.06. The summed E-state index contributed by atoms with van der Waals surface area (Å²) in [5, 5.41) is 0.626. The van der Waals surface area contributed by atoms with Gasteiger partial charge in [0.2, 0.25) is 0 Å². The van der Waals surface area contributed by atoms with Crippen molar-refractivity contribution in [3.05, 3.63) is 46.8 Å². The van der Waals surface area contributed by atoms with Crippen LogP contribution in [0.1, 0.15) is 23.0 Å². The largest absolute Gasteiger partial charge is 0.461 e. The molecule has 2 rings (SSSR count). The quantitative estimate of drug-likeness (QED) is 0.788. The Bertz CT molecular complexity index is 567. The van der Waals surface area contributed by atoms with Crippen molar-refractivity contribution in [3.63, 3.8) is 0 Å². The SMILES string of the molecule is CCOC(=O)c1coc(OCc2cccc(Cl)c2)n1. The van der Waals surface area contributed by atoms with Crippen molar-refractivity contribution in [2.75, 3.05) is 6.61 Å². The minimum Gasteiger partial charge on any atom is -0.461 e. The maximum Gasteiger partial charge on any atom is 0.394 e. The lowest BCUT2D eigenvalue weighted by Crippen LogP contribution is -2.05. The number of halogens is 1. The summed E-state index contributed by atoms with van der Waals surface area (Å²) in [6.45, 7) is 2.25. The van der Waals surface area contributed by atoms with E-state index in [0.717, 1.165) is 5.56 Å². The third-order valence-corrected chi connectivity index (χ3v) is 2.45. The third kappa shape index (κ3) is 3.72. The Morgan fingerprint density at radius 2 is 2.32 bits per heavy atom. The predicted octanol–water partition coefficient (Wildman–Crippen LogP) is 3.08.